The van der Waals surface area contributed by atoms with E-state index in [-0.39, 0.29) is 23.6 Å². The first-order valence-electron chi connectivity index (χ1n) is 11.9. The van der Waals surface area contributed by atoms with Crippen molar-refractivity contribution in [1.82, 2.24) is 25.4 Å². The first-order chi connectivity index (χ1) is 16.3. The van der Waals surface area contributed by atoms with Gasteiger partial charge in [0.2, 0.25) is 11.7 Å². The van der Waals surface area contributed by atoms with Crippen LogP contribution in [0.1, 0.15) is 42.1 Å². The smallest absolute Gasteiger partial charge is 0.318 e. The Bertz CT molecular complexity index is 927. The van der Waals surface area contributed by atoms with Crippen LogP contribution < -0.4 is 10.6 Å². The number of aromatic nitrogens is 1. The summed E-state index contributed by atoms with van der Waals surface area (Å²) in [7, 11) is 2.03. The summed E-state index contributed by atoms with van der Waals surface area (Å²) in [5, 5.41) is 7.98. The minimum absolute atomic E-state index is 0.195. The molecule has 0 aliphatic carbocycles. The van der Waals surface area contributed by atoms with Gasteiger partial charge in [-0.2, -0.15) is 0 Å². The number of hydrogen-bond donors (Lipinski definition) is 2. The molecule has 1 saturated heterocycles. The van der Waals surface area contributed by atoms with Gasteiger partial charge in [0.25, 0.3) is 0 Å². The zero-order valence-electron chi connectivity index (χ0n) is 20.2. The van der Waals surface area contributed by atoms with Crippen molar-refractivity contribution in [3.8, 4) is 0 Å². The van der Waals surface area contributed by atoms with E-state index in [0.717, 1.165) is 18.7 Å². The minimum atomic E-state index is -0.714. The number of aryl methyl sites for hydroxylation is 1. The van der Waals surface area contributed by atoms with E-state index < -0.39 is 12.1 Å². The molecule has 1 aliphatic rings. The molecule has 184 valence electrons. The summed E-state index contributed by atoms with van der Waals surface area (Å²) in [6.07, 6.45) is 3.17. The number of nitrogens with zero attached hydrogens (tertiary/aromatic N) is 3. The van der Waals surface area contributed by atoms with E-state index in [1.807, 2.05) is 51.2 Å². The monoisotopic (exact) mass is 485 g/mol. The maximum absolute atomic E-state index is 13.3. The molecule has 0 spiro atoms. The van der Waals surface area contributed by atoms with E-state index >= 15 is 0 Å². The first-order valence-corrected chi connectivity index (χ1v) is 12.7. The Labute approximate surface area is 205 Å². The highest BCUT2D eigenvalue weighted by molar-refractivity contribution is 7.11. The minimum Gasteiger partial charge on any atom is -0.344 e. The highest BCUT2D eigenvalue weighted by atomic mass is 32.1. The zero-order valence-corrected chi connectivity index (χ0v) is 21.0. The number of ketones is 1. The lowest BCUT2D eigenvalue weighted by molar-refractivity contribution is -0.123. The Balaban J connectivity index is 1.69. The van der Waals surface area contributed by atoms with Gasteiger partial charge in [0.15, 0.2) is 5.01 Å². The number of thiazole rings is 1. The molecule has 1 aromatic heterocycles. The highest BCUT2D eigenvalue weighted by Gasteiger charge is 2.30. The fraction of sp³-hybridized carbons (Fsp3) is 0.520. The van der Waals surface area contributed by atoms with E-state index in [9.17, 15) is 14.4 Å². The maximum atomic E-state index is 13.3. The molecule has 2 atom stereocenters. The molecule has 34 heavy (non-hydrogen) atoms. The Hall–Kier alpha value is -2.78. The van der Waals surface area contributed by atoms with E-state index in [1.165, 1.54) is 11.3 Å². The van der Waals surface area contributed by atoms with Crippen LogP contribution in [0.5, 0.6) is 0 Å². The van der Waals surface area contributed by atoms with Gasteiger partial charge in [-0.3, -0.25) is 9.59 Å². The maximum Gasteiger partial charge on any atom is 0.318 e. The van der Waals surface area contributed by atoms with Gasteiger partial charge in [0, 0.05) is 37.8 Å². The van der Waals surface area contributed by atoms with Crippen molar-refractivity contribution >= 4 is 29.1 Å². The molecule has 3 amide bonds. The van der Waals surface area contributed by atoms with Crippen LogP contribution >= 0.6 is 11.3 Å². The van der Waals surface area contributed by atoms with Crippen LogP contribution in [0, 0.1) is 5.92 Å². The number of hydrogen-bond acceptors (Lipinski definition) is 6. The Morgan fingerprint density at radius 1 is 1.03 bits per heavy atom. The van der Waals surface area contributed by atoms with Gasteiger partial charge in [0.1, 0.15) is 6.04 Å². The number of amides is 3. The number of urea groups is 1. The molecule has 0 radical (unpaired) electrons. The van der Waals surface area contributed by atoms with Crippen molar-refractivity contribution in [2.24, 2.45) is 5.92 Å². The summed E-state index contributed by atoms with van der Waals surface area (Å²) in [6.45, 7) is 6.88. The van der Waals surface area contributed by atoms with Crippen molar-refractivity contribution in [2.45, 2.75) is 45.2 Å². The van der Waals surface area contributed by atoms with E-state index in [4.69, 9.17) is 0 Å². The number of nitrogens with one attached hydrogen (secondary N) is 2. The quantitative estimate of drug-likeness (QED) is 0.505. The lowest BCUT2D eigenvalue weighted by Crippen LogP contribution is -2.57. The molecule has 8 nitrogen and oxygen atoms in total. The van der Waals surface area contributed by atoms with Crippen molar-refractivity contribution in [3.05, 3.63) is 52.5 Å². The average Bonchev–Trinajstić information content (AvgIpc) is 3.36. The van der Waals surface area contributed by atoms with Gasteiger partial charge in [-0.15, -0.1) is 11.3 Å². The molecule has 1 aromatic carbocycles. The van der Waals surface area contributed by atoms with Crippen LogP contribution in [0.25, 0.3) is 0 Å². The number of likely N-dealkylation sites (N-methyl/N-ethyl adjacent to an activating group) is 1. The molecule has 3 rings (SSSR count). The van der Waals surface area contributed by atoms with Crippen LogP contribution in [0.15, 0.2) is 41.9 Å². The molecule has 2 unspecified atom stereocenters. The van der Waals surface area contributed by atoms with Gasteiger partial charge >= 0.3 is 6.03 Å². The lowest BCUT2D eigenvalue weighted by Gasteiger charge is -2.33. The van der Waals surface area contributed by atoms with E-state index in [2.05, 4.69) is 20.5 Å². The third kappa shape index (κ3) is 7.63. The molecule has 1 aliphatic heterocycles. The van der Waals surface area contributed by atoms with Crippen LogP contribution in [0.3, 0.4) is 0 Å². The summed E-state index contributed by atoms with van der Waals surface area (Å²) >= 11 is 1.26. The highest BCUT2D eigenvalue weighted by Crippen LogP contribution is 2.14. The summed E-state index contributed by atoms with van der Waals surface area (Å²) in [5.41, 5.74) is 1.09. The Morgan fingerprint density at radius 3 is 2.35 bits per heavy atom. The fourth-order valence-corrected chi connectivity index (χ4v) is 4.57. The average molecular weight is 486 g/mol. The van der Waals surface area contributed by atoms with Gasteiger partial charge in [0.05, 0.1) is 6.04 Å². The second-order valence-electron chi connectivity index (χ2n) is 9.21. The molecule has 2 aromatic rings. The third-order valence-corrected chi connectivity index (χ3v) is 6.74. The molecular weight excluding hydrogens is 450 g/mol. The van der Waals surface area contributed by atoms with Gasteiger partial charge in [-0.25, -0.2) is 9.78 Å². The van der Waals surface area contributed by atoms with Gasteiger partial charge < -0.3 is 20.4 Å². The van der Waals surface area contributed by atoms with Crippen molar-refractivity contribution in [1.29, 1.82) is 0 Å². The predicted molar refractivity (Wildman–Crippen MR) is 134 cm³/mol. The molecular formula is C25H35N5O3S. The number of Topliss-reactive ketones (excluding diaryl/α,β-unsaturated/α-hetero) is 1. The van der Waals surface area contributed by atoms with Crippen molar-refractivity contribution in [3.63, 3.8) is 0 Å². The summed E-state index contributed by atoms with van der Waals surface area (Å²) < 4.78 is 0. The number of carbonyl (C=O) groups is 3. The molecule has 0 bridgehead atoms. The molecule has 1 fully saturated rings. The van der Waals surface area contributed by atoms with E-state index in [0.29, 0.717) is 37.4 Å². The topological polar surface area (TPSA) is 94.6 Å². The van der Waals surface area contributed by atoms with Gasteiger partial charge in [-0.05, 0) is 37.8 Å². The zero-order chi connectivity index (χ0) is 24.5. The Kier molecular flexibility index (Phi) is 9.59. The van der Waals surface area contributed by atoms with E-state index in [1.54, 1.807) is 16.5 Å². The van der Waals surface area contributed by atoms with Gasteiger partial charge in [-0.1, -0.05) is 44.2 Å². The molecule has 0 saturated carbocycles. The summed E-state index contributed by atoms with van der Waals surface area (Å²) in [5.74, 6) is -0.340. The van der Waals surface area contributed by atoms with Crippen molar-refractivity contribution in [2.75, 3.05) is 33.2 Å². The molecule has 9 heteroatoms. The van der Waals surface area contributed by atoms with Crippen LogP contribution in [0.4, 0.5) is 4.79 Å². The largest absolute Gasteiger partial charge is 0.344 e. The first kappa shape index (κ1) is 25.8. The summed E-state index contributed by atoms with van der Waals surface area (Å²) in [6, 6.07) is 8.21. The van der Waals surface area contributed by atoms with Crippen LogP contribution in [-0.4, -0.2) is 77.8 Å². The second-order valence-corrected chi connectivity index (χ2v) is 10.1. The molecule has 2 N–H and O–H groups in total. The van der Waals surface area contributed by atoms with Crippen molar-refractivity contribution < 1.29 is 14.4 Å². The predicted octanol–water partition coefficient (Wildman–Crippen LogP) is 2.82. The number of carbonyl (C=O) groups excluding carboxylic acids is 3. The lowest BCUT2D eigenvalue weighted by atomic mass is 9.99. The Morgan fingerprint density at radius 2 is 1.74 bits per heavy atom. The van der Waals surface area contributed by atoms with Crippen LogP contribution in [0.2, 0.25) is 0 Å². The van der Waals surface area contributed by atoms with Crippen LogP contribution in [-0.2, 0) is 11.2 Å². The normalized spacial score (nSPS) is 16.2. The standard InChI is InChI=1S/C25H35N5O3S/c1-18(2)17-21(28-25(33)30-14-12-29(3)13-15-30)23(32)27-20(22(31)24-26-11-16-34-24)10-9-19-7-5-4-6-8-19/h4-8,11,16,18,20-21H,9-10,12-15,17H2,1-3H3,(H,27,32)(H,28,33). The number of piperazine rings is 1. The second kappa shape index (κ2) is 12.6. The number of benzene rings is 1. The number of rotatable bonds is 10. The SMILES string of the molecule is CC(C)CC(NC(=O)N1CCN(C)CC1)C(=O)NC(CCc1ccccc1)C(=O)c1nccs1. The fourth-order valence-electron chi connectivity index (χ4n) is 3.94. The molecule has 2 heterocycles. The third-order valence-electron chi connectivity index (χ3n) is 5.95. The summed E-state index contributed by atoms with van der Waals surface area (Å²) in [4.78, 5) is 47.4.